The van der Waals surface area contributed by atoms with Gasteiger partial charge in [0.05, 0.1) is 5.69 Å². The number of halogens is 1. The number of alkyl halides is 1. The molecule has 0 amide bonds. The fourth-order valence-corrected chi connectivity index (χ4v) is 1.21. The van der Waals surface area contributed by atoms with Crippen LogP contribution in [-0.2, 0) is 4.74 Å². The number of rotatable bonds is 3. The molecule has 17 heavy (non-hydrogen) atoms. The minimum atomic E-state index is -1.25. The van der Waals surface area contributed by atoms with E-state index < -0.39 is 17.9 Å². The van der Waals surface area contributed by atoms with Crippen molar-refractivity contribution in [1.82, 2.24) is 9.55 Å². The van der Waals surface area contributed by atoms with Gasteiger partial charge in [-0.3, -0.25) is 0 Å². The van der Waals surface area contributed by atoms with Crippen molar-refractivity contribution < 1.29 is 13.9 Å². The van der Waals surface area contributed by atoms with Gasteiger partial charge in [0.25, 0.3) is 0 Å². The second-order valence-electron chi connectivity index (χ2n) is 4.73. The standard InChI is InChI=1S/C11H18FN3O2/c1-11(2,3)17-10(16)15-6-9(14-7-15)8(12)4-5-13/h6-8H,4-5,13H2,1-3H3. The van der Waals surface area contributed by atoms with Crippen molar-refractivity contribution in [3.8, 4) is 0 Å². The van der Waals surface area contributed by atoms with Gasteiger partial charge in [0, 0.05) is 6.20 Å². The van der Waals surface area contributed by atoms with E-state index in [1.807, 2.05) is 0 Å². The Balaban J connectivity index is 2.71. The van der Waals surface area contributed by atoms with Gasteiger partial charge in [-0.2, -0.15) is 0 Å². The molecular weight excluding hydrogens is 225 g/mol. The number of hydrogen-bond donors (Lipinski definition) is 1. The highest BCUT2D eigenvalue weighted by Gasteiger charge is 2.19. The molecule has 1 aromatic rings. The molecule has 5 nitrogen and oxygen atoms in total. The summed E-state index contributed by atoms with van der Waals surface area (Å²) in [6.45, 7) is 5.51. The minimum Gasteiger partial charge on any atom is -0.443 e. The maximum atomic E-state index is 13.4. The Morgan fingerprint density at radius 1 is 1.65 bits per heavy atom. The number of aromatic nitrogens is 2. The van der Waals surface area contributed by atoms with Gasteiger partial charge >= 0.3 is 6.09 Å². The van der Waals surface area contributed by atoms with Crippen LogP contribution in [0.2, 0.25) is 0 Å². The SMILES string of the molecule is CC(C)(C)OC(=O)n1cnc(C(F)CCN)c1. The number of ether oxygens (including phenoxy) is 1. The van der Waals surface area contributed by atoms with E-state index >= 15 is 0 Å². The van der Waals surface area contributed by atoms with Crippen LogP contribution in [0.15, 0.2) is 12.5 Å². The molecule has 0 saturated heterocycles. The Kier molecular flexibility index (Phi) is 4.22. The molecule has 0 bridgehead atoms. The zero-order valence-electron chi connectivity index (χ0n) is 10.3. The molecule has 0 aliphatic rings. The van der Waals surface area contributed by atoms with Gasteiger partial charge in [-0.25, -0.2) is 18.7 Å². The topological polar surface area (TPSA) is 70.1 Å². The van der Waals surface area contributed by atoms with Crippen molar-refractivity contribution >= 4 is 6.09 Å². The summed E-state index contributed by atoms with van der Waals surface area (Å²) in [5.74, 6) is 0. The second kappa shape index (κ2) is 5.27. The highest BCUT2D eigenvalue weighted by Crippen LogP contribution is 2.18. The van der Waals surface area contributed by atoms with Gasteiger partial charge in [0.1, 0.15) is 18.1 Å². The normalized spacial score (nSPS) is 13.5. The van der Waals surface area contributed by atoms with Crippen molar-refractivity contribution in [2.24, 2.45) is 5.73 Å². The van der Waals surface area contributed by atoms with Crippen molar-refractivity contribution in [3.05, 3.63) is 18.2 Å². The Bertz CT molecular complexity index is 384. The van der Waals surface area contributed by atoms with Gasteiger partial charge in [0.2, 0.25) is 0 Å². The Labute approximate surface area is 99.8 Å². The lowest BCUT2D eigenvalue weighted by molar-refractivity contribution is 0.0536. The zero-order valence-corrected chi connectivity index (χ0v) is 10.3. The number of nitrogens with two attached hydrogens (primary N) is 1. The number of carbonyl (C=O) groups excluding carboxylic acids is 1. The maximum absolute atomic E-state index is 13.4. The molecule has 0 saturated carbocycles. The summed E-state index contributed by atoms with van der Waals surface area (Å²) in [4.78, 5) is 15.4. The van der Waals surface area contributed by atoms with E-state index in [1.54, 1.807) is 20.8 Å². The third kappa shape index (κ3) is 4.14. The lowest BCUT2D eigenvalue weighted by atomic mass is 10.2. The van der Waals surface area contributed by atoms with Crippen LogP contribution in [0.1, 0.15) is 39.1 Å². The third-order valence-electron chi connectivity index (χ3n) is 1.95. The third-order valence-corrected chi connectivity index (χ3v) is 1.95. The van der Waals surface area contributed by atoms with Crippen LogP contribution in [-0.4, -0.2) is 27.8 Å². The molecule has 0 aliphatic heterocycles. The summed E-state index contributed by atoms with van der Waals surface area (Å²) < 4.78 is 19.7. The molecule has 1 unspecified atom stereocenters. The van der Waals surface area contributed by atoms with Crippen LogP contribution in [0.5, 0.6) is 0 Å². The molecular formula is C11H18FN3O2. The van der Waals surface area contributed by atoms with Crippen LogP contribution >= 0.6 is 0 Å². The number of carbonyl (C=O) groups is 1. The lowest BCUT2D eigenvalue weighted by Crippen LogP contribution is -2.26. The molecule has 96 valence electrons. The lowest BCUT2D eigenvalue weighted by Gasteiger charge is -2.19. The highest BCUT2D eigenvalue weighted by atomic mass is 19.1. The van der Waals surface area contributed by atoms with Crippen molar-refractivity contribution in [2.75, 3.05) is 6.54 Å². The Hall–Kier alpha value is -1.43. The van der Waals surface area contributed by atoms with Gasteiger partial charge in [-0.1, -0.05) is 0 Å². The van der Waals surface area contributed by atoms with E-state index in [-0.39, 0.29) is 18.7 Å². The van der Waals surface area contributed by atoms with Gasteiger partial charge in [-0.05, 0) is 33.7 Å². The number of nitrogens with zero attached hydrogens (tertiary/aromatic N) is 2. The molecule has 1 heterocycles. The summed E-state index contributed by atoms with van der Waals surface area (Å²) in [6.07, 6.45) is 0.937. The fraction of sp³-hybridized carbons (Fsp3) is 0.636. The van der Waals surface area contributed by atoms with E-state index in [0.717, 1.165) is 4.57 Å². The molecule has 1 aromatic heterocycles. The van der Waals surface area contributed by atoms with Crippen LogP contribution in [0, 0.1) is 0 Å². The zero-order chi connectivity index (χ0) is 13.1. The average Bonchev–Trinajstić information content (AvgIpc) is 2.63. The van der Waals surface area contributed by atoms with E-state index in [2.05, 4.69) is 4.98 Å². The molecule has 0 spiro atoms. The first-order valence-corrected chi connectivity index (χ1v) is 5.45. The monoisotopic (exact) mass is 243 g/mol. The van der Waals surface area contributed by atoms with E-state index in [9.17, 15) is 9.18 Å². The number of imidazole rings is 1. The second-order valence-corrected chi connectivity index (χ2v) is 4.73. The minimum absolute atomic E-state index is 0.186. The molecule has 0 fully saturated rings. The van der Waals surface area contributed by atoms with E-state index in [0.29, 0.717) is 0 Å². The summed E-state index contributed by atoms with van der Waals surface area (Å²) in [5, 5.41) is 0. The average molecular weight is 243 g/mol. The quantitative estimate of drug-likeness (QED) is 0.881. The molecule has 1 atom stereocenters. The first kappa shape index (κ1) is 13.6. The number of hydrogen-bond acceptors (Lipinski definition) is 4. The molecule has 0 radical (unpaired) electrons. The molecule has 2 N–H and O–H groups in total. The van der Waals surface area contributed by atoms with Gasteiger partial charge < -0.3 is 10.5 Å². The smallest absolute Gasteiger partial charge is 0.419 e. The van der Waals surface area contributed by atoms with Crippen molar-refractivity contribution in [1.29, 1.82) is 0 Å². The van der Waals surface area contributed by atoms with Crippen molar-refractivity contribution in [3.63, 3.8) is 0 Å². The predicted octanol–water partition coefficient (Wildman–Crippen LogP) is 2.03. The fourth-order valence-electron chi connectivity index (χ4n) is 1.21. The molecule has 0 aliphatic carbocycles. The predicted molar refractivity (Wildman–Crippen MR) is 61.4 cm³/mol. The summed E-state index contributed by atoms with van der Waals surface area (Å²) in [5.41, 5.74) is 4.86. The van der Waals surface area contributed by atoms with Crippen molar-refractivity contribution in [2.45, 2.75) is 39.0 Å². The molecule has 6 heteroatoms. The Morgan fingerprint density at radius 2 is 2.29 bits per heavy atom. The summed E-state index contributed by atoms with van der Waals surface area (Å²) >= 11 is 0. The first-order chi connectivity index (χ1) is 7.83. The summed E-state index contributed by atoms with van der Waals surface area (Å²) in [6, 6.07) is 0. The van der Waals surface area contributed by atoms with E-state index in [1.165, 1.54) is 12.5 Å². The van der Waals surface area contributed by atoms with Crippen LogP contribution < -0.4 is 5.73 Å². The highest BCUT2D eigenvalue weighted by molar-refractivity contribution is 5.70. The van der Waals surface area contributed by atoms with Crippen LogP contribution in [0.3, 0.4) is 0 Å². The largest absolute Gasteiger partial charge is 0.443 e. The first-order valence-electron chi connectivity index (χ1n) is 5.45. The molecule has 0 aromatic carbocycles. The summed E-state index contributed by atoms with van der Waals surface area (Å²) in [7, 11) is 0. The maximum Gasteiger partial charge on any atom is 0.419 e. The van der Waals surface area contributed by atoms with Gasteiger partial charge in [0.15, 0.2) is 0 Å². The van der Waals surface area contributed by atoms with E-state index in [4.69, 9.17) is 10.5 Å². The van der Waals surface area contributed by atoms with Crippen LogP contribution in [0.4, 0.5) is 9.18 Å². The van der Waals surface area contributed by atoms with Gasteiger partial charge in [-0.15, -0.1) is 0 Å². The van der Waals surface area contributed by atoms with Crippen LogP contribution in [0.25, 0.3) is 0 Å². The molecule has 1 rings (SSSR count). The Morgan fingerprint density at radius 3 is 2.82 bits per heavy atom.